The van der Waals surface area contributed by atoms with Gasteiger partial charge in [-0.05, 0) is 49.2 Å². The molecule has 4 rings (SSSR count). The minimum absolute atomic E-state index is 0.00655. The van der Waals surface area contributed by atoms with Crippen molar-refractivity contribution in [2.24, 2.45) is 0 Å². The number of benzene rings is 2. The summed E-state index contributed by atoms with van der Waals surface area (Å²) < 4.78 is 10.7. The fourth-order valence-electron chi connectivity index (χ4n) is 3.35. The van der Waals surface area contributed by atoms with Gasteiger partial charge < -0.3 is 19.0 Å². The molecule has 0 radical (unpaired) electrons. The van der Waals surface area contributed by atoms with Crippen LogP contribution in [0, 0.1) is 13.8 Å². The largest absolute Gasteiger partial charge is 0.508 e. The van der Waals surface area contributed by atoms with Gasteiger partial charge in [0.2, 0.25) is 0 Å². The molecule has 27 heavy (non-hydrogen) atoms. The Balaban J connectivity index is 1.92. The summed E-state index contributed by atoms with van der Waals surface area (Å²) in [7, 11) is 0. The summed E-state index contributed by atoms with van der Waals surface area (Å²) in [4.78, 5) is 25.0. The summed E-state index contributed by atoms with van der Waals surface area (Å²) in [6.07, 6.45) is 0.0654. The predicted molar refractivity (Wildman–Crippen MR) is 101 cm³/mol. The molecule has 0 saturated carbocycles. The van der Waals surface area contributed by atoms with Crippen molar-refractivity contribution in [3.63, 3.8) is 0 Å². The minimum Gasteiger partial charge on any atom is -0.508 e. The average Bonchev–Trinajstić information content (AvgIpc) is 2.60. The third-order valence-corrected chi connectivity index (χ3v) is 4.90. The van der Waals surface area contributed by atoms with Crippen LogP contribution in [0.25, 0.3) is 21.9 Å². The first-order chi connectivity index (χ1) is 12.8. The molecule has 0 aliphatic rings. The molecule has 2 aromatic carbocycles. The number of aromatic hydroxyl groups is 2. The zero-order valence-electron chi connectivity index (χ0n) is 14.7. The van der Waals surface area contributed by atoms with Gasteiger partial charge in [-0.2, -0.15) is 0 Å². The molecule has 136 valence electrons. The molecule has 0 saturated heterocycles. The van der Waals surface area contributed by atoms with Crippen molar-refractivity contribution < 1.29 is 19.0 Å². The molecular weight excluding hydrogens is 348 g/mol. The van der Waals surface area contributed by atoms with Crippen LogP contribution in [0.15, 0.2) is 54.8 Å². The molecule has 0 amide bonds. The van der Waals surface area contributed by atoms with E-state index < -0.39 is 11.3 Å². The fraction of sp³-hybridized carbons (Fsp3) is 0.143. The van der Waals surface area contributed by atoms with Crippen molar-refractivity contribution in [3.8, 4) is 11.5 Å². The van der Waals surface area contributed by atoms with E-state index in [9.17, 15) is 19.8 Å². The molecule has 2 aromatic heterocycles. The molecule has 0 unspecified atom stereocenters. The highest BCUT2D eigenvalue weighted by atomic mass is 16.4. The van der Waals surface area contributed by atoms with Crippen LogP contribution in [0.1, 0.15) is 22.3 Å². The normalized spacial score (nSPS) is 11.3. The summed E-state index contributed by atoms with van der Waals surface area (Å²) in [6, 6.07) is 9.14. The molecule has 0 aliphatic carbocycles. The summed E-state index contributed by atoms with van der Waals surface area (Å²) >= 11 is 0. The van der Waals surface area contributed by atoms with E-state index in [-0.39, 0.29) is 17.9 Å². The monoisotopic (exact) mass is 364 g/mol. The molecule has 2 heterocycles. The Morgan fingerprint density at radius 2 is 1.15 bits per heavy atom. The van der Waals surface area contributed by atoms with Gasteiger partial charge in [0.25, 0.3) is 0 Å². The van der Waals surface area contributed by atoms with Crippen molar-refractivity contribution in [1.29, 1.82) is 0 Å². The summed E-state index contributed by atoms with van der Waals surface area (Å²) in [5.74, 6) is 0.0131. The lowest BCUT2D eigenvalue weighted by molar-refractivity contribution is 0.472. The first kappa shape index (κ1) is 16.9. The molecule has 6 heteroatoms. The van der Waals surface area contributed by atoms with Crippen molar-refractivity contribution in [2.45, 2.75) is 20.3 Å². The van der Waals surface area contributed by atoms with E-state index in [1.807, 2.05) is 0 Å². The molecule has 6 nitrogen and oxygen atoms in total. The van der Waals surface area contributed by atoms with E-state index in [0.29, 0.717) is 44.2 Å². The van der Waals surface area contributed by atoms with Gasteiger partial charge in [0.1, 0.15) is 22.7 Å². The maximum Gasteiger partial charge on any atom is 0.340 e. The molecular formula is C21H16O6. The van der Waals surface area contributed by atoms with Gasteiger partial charge in [0.15, 0.2) is 0 Å². The predicted octanol–water partition coefficient (Wildman–Crippen LogP) is 3.52. The summed E-state index contributed by atoms with van der Waals surface area (Å²) in [5, 5.41) is 20.5. The number of hydrogen-bond donors (Lipinski definition) is 2. The third kappa shape index (κ3) is 2.75. The summed E-state index contributed by atoms with van der Waals surface area (Å²) in [5.41, 5.74) is 1.56. The van der Waals surface area contributed by atoms with Crippen LogP contribution < -0.4 is 11.3 Å². The van der Waals surface area contributed by atoms with Gasteiger partial charge in [0.05, 0.1) is 0 Å². The third-order valence-electron chi connectivity index (χ3n) is 4.90. The van der Waals surface area contributed by atoms with Gasteiger partial charge in [-0.3, -0.25) is 0 Å². The lowest BCUT2D eigenvalue weighted by Crippen LogP contribution is -2.17. The minimum atomic E-state index is -0.560. The van der Waals surface area contributed by atoms with E-state index in [1.54, 1.807) is 26.0 Å². The number of hydrogen-bond acceptors (Lipinski definition) is 6. The van der Waals surface area contributed by atoms with Crippen molar-refractivity contribution in [3.05, 3.63) is 79.5 Å². The van der Waals surface area contributed by atoms with Gasteiger partial charge in [-0.1, -0.05) is 0 Å². The zero-order chi connectivity index (χ0) is 19.3. The van der Waals surface area contributed by atoms with Crippen LogP contribution >= 0.6 is 0 Å². The highest BCUT2D eigenvalue weighted by Gasteiger charge is 2.18. The van der Waals surface area contributed by atoms with Crippen LogP contribution in [0.3, 0.4) is 0 Å². The maximum atomic E-state index is 12.5. The molecule has 2 N–H and O–H groups in total. The topological polar surface area (TPSA) is 101 Å². The van der Waals surface area contributed by atoms with E-state index in [4.69, 9.17) is 8.83 Å². The lowest BCUT2D eigenvalue weighted by atomic mass is 9.96. The Hall–Kier alpha value is -3.54. The number of phenolic OH excluding ortho intramolecular Hbond substituents is 2. The van der Waals surface area contributed by atoms with E-state index in [0.717, 1.165) is 0 Å². The molecule has 0 bridgehead atoms. The number of rotatable bonds is 2. The first-order valence-electron chi connectivity index (χ1n) is 8.36. The smallest absolute Gasteiger partial charge is 0.340 e. The SMILES string of the molecule is Cc1c(Cc2c(C)c3ccc(O)cc3oc2=O)c(=O)oc2cc(O)ccc12. The number of aryl methyl sites for hydroxylation is 2. The molecule has 0 fully saturated rings. The van der Waals surface area contributed by atoms with Gasteiger partial charge >= 0.3 is 11.3 Å². The second kappa shape index (κ2) is 6.02. The van der Waals surface area contributed by atoms with Crippen LogP contribution in [-0.4, -0.2) is 10.2 Å². The average molecular weight is 364 g/mol. The van der Waals surface area contributed by atoms with Crippen molar-refractivity contribution >= 4 is 21.9 Å². The second-order valence-electron chi connectivity index (χ2n) is 6.52. The number of phenols is 2. The molecule has 4 aromatic rings. The quantitative estimate of drug-likeness (QED) is 0.528. The van der Waals surface area contributed by atoms with Crippen LogP contribution in [-0.2, 0) is 6.42 Å². The Kier molecular flexibility index (Phi) is 3.77. The zero-order valence-corrected chi connectivity index (χ0v) is 14.7. The molecule has 0 spiro atoms. The highest BCUT2D eigenvalue weighted by molar-refractivity contribution is 5.83. The first-order valence-corrected chi connectivity index (χ1v) is 8.36. The summed E-state index contributed by atoms with van der Waals surface area (Å²) in [6.45, 7) is 3.56. The highest BCUT2D eigenvalue weighted by Crippen LogP contribution is 2.27. The fourth-order valence-corrected chi connectivity index (χ4v) is 3.35. The second-order valence-corrected chi connectivity index (χ2v) is 6.52. The number of fused-ring (bicyclic) bond motifs is 2. The van der Waals surface area contributed by atoms with Gasteiger partial charge in [-0.25, -0.2) is 9.59 Å². The van der Waals surface area contributed by atoms with Gasteiger partial charge in [-0.15, -0.1) is 0 Å². The Morgan fingerprint density at radius 1 is 0.741 bits per heavy atom. The molecule has 0 atom stereocenters. The van der Waals surface area contributed by atoms with Crippen molar-refractivity contribution in [2.75, 3.05) is 0 Å². The van der Waals surface area contributed by atoms with E-state index >= 15 is 0 Å². The lowest BCUT2D eigenvalue weighted by Gasteiger charge is -2.10. The molecule has 0 aliphatic heterocycles. The Bertz CT molecular complexity index is 1220. The van der Waals surface area contributed by atoms with Crippen LogP contribution in [0.4, 0.5) is 0 Å². The van der Waals surface area contributed by atoms with Crippen molar-refractivity contribution in [1.82, 2.24) is 0 Å². The Morgan fingerprint density at radius 3 is 1.56 bits per heavy atom. The van der Waals surface area contributed by atoms with E-state index in [2.05, 4.69) is 0 Å². The van der Waals surface area contributed by atoms with Crippen LogP contribution in [0.5, 0.6) is 11.5 Å². The van der Waals surface area contributed by atoms with Gasteiger partial charge in [0, 0.05) is 40.5 Å². The Labute approximate surface area is 152 Å². The van der Waals surface area contributed by atoms with E-state index in [1.165, 1.54) is 24.3 Å². The van der Waals surface area contributed by atoms with Crippen LogP contribution in [0.2, 0.25) is 0 Å². The maximum absolute atomic E-state index is 12.5. The standard InChI is InChI=1S/C21H16O6/c1-10-14-5-3-12(22)7-18(14)26-20(24)16(10)9-17-11(2)15-6-4-13(23)8-19(15)27-21(17)25/h3-8,22-23H,9H2,1-2H3.